The molecule has 78 heavy (non-hydrogen) atoms. The molecular weight excluding hydrogens is 973 g/mol. The van der Waals surface area contributed by atoms with Crippen molar-refractivity contribution in [3.8, 4) is 22.5 Å². The topological polar surface area (TPSA) is 9.86 Å². The van der Waals surface area contributed by atoms with Gasteiger partial charge in [0.25, 0.3) is 0 Å². The van der Waals surface area contributed by atoms with Crippen LogP contribution < -0.4 is 41.5 Å². The van der Waals surface area contributed by atoms with Gasteiger partial charge in [-0.2, -0.15) is 0 Å². The molecule has 0 amide bonds. The summed E-state index contributed by atoms with van der Waals surface area (Å²) in [6.45, 7) is 13.9. The van der Waals surface area contributed by atoms with Gasteiger partial charge >= 0.3 is 0 Å². The highest BCUT2D eigenvalue weighted by molar-refractivity contribution is 7.32. The van der Waals surface area contributed by atoms with E-state index in [-0.39, 0.29) is 10.8 Å². The molecule has 0 saturated carbocycles. The molecule has 0 radical (unpaired) electrons. The molecule has 0 fully saturated rings. The first kappa shape index (κ1) is 47.9. The summed E-state index contributed by atoms with van der Waals surface area (Å²) in [5.74, 6) is 0. The Morgan fingerprint density at radius 1 is 0.256 bits per heavy atom. The van der Waals surface area contributed by atoms with Crippen LogP contribution in [0.15, 0.2) is 267 Å². The molecule has 0 N–H and O–H groups in total. The van der Waals surface area contributed by atoms with Gasteiger partial charge in [0.2, 0.25) is 0 Å². The van der Waals surface area contributed by atoms with Crippen LogP contribution in [0.25, 0.3) is 66.1 Å². The first-order chi connectivity index (χ1) is 38.0. The second-order valence-corrected chi connectivity index (χ2v) is 31.1. The number of rotatable bonds is 7. The van der Waals surface area contributed by atoms with Gasteiger partial charge in [-0.05, 0) is 141 Å². The van der Waals surface area contributed by atoms with Crippen LogP contribution in [0, 0.1) is 0 Å². The standard InChI is InChI=1S/C74H62N2Si2/c1-73(2,3)53-39-43-66-62(47-53)63-48-54(74(4,5)6)40-44-67(63)76(66)56-41-45-68-64(50-56)61-46-52(51-24-11-7-12-25-51)38-42-65(61)75(68)55-26-23-33-60(49-55)78(59-31-17-10-18-32-59)71-36-21-19-34-69(71)77(57-27-13-8-14-28-57,58-29-15-9-16-30-58)70-35-20-22-37-72(70)78/h7-50H,1-6H3. The maximum absolute atomic E-state index is 3.07. The lowest BCUT2D eigenvalue weighted by Crippen LogP contribution is -2.93. The lowest BCUT2D eigenvalue weighted by molar-refractivity contribution is 0.590. The van der Waals surface area contributed by atoms with E-state index in [2.05, 4.69) is 318 Å². The van der Waals surface area contributed by atoms with Crippen molar-refractivity contribution in [2.75, 3.05) is 0 Å². The van der Waals surface area contributed by atoms with Crippen molar-refractivity contribution in [1.82, 2.24) is 9.13 Å². The summed E-state index contributed by atoms with van der Waals surface area (Å²) in [5, 5.41) is 16.5. The van der Waals surface area contributed by atoms with Crippen LogP contribution >= 0.6 is 0 Å². The van der Waals surface area contributed by atoms with E-state index < -0.39 is 16.1 Å². The summed E-state index contributed by atoms with van der Waals surface area (Å²) in [7, 11) is -5.94. The van der Waals surface area contributed by atoms with Gasteiger partial charge in [0.1, 0.15) is 0 Å². The molecule has 4 heteroatoms. The van der Waals surface area contributed by atoms with Crippen LogP contribution in [0.2, 0.25) is 0 Å². The third-order valence-electron chi connectivity index (χ3n) is 17.2. The van der Waals surface area contributed by atoms with E-state index in [9.17, 15) is 0 Å². The third kappa shape index (κ3) is 7.20. The summed E-state index contributed by atoms with van der Waals surface area (Å²) >= 11 is 0. The number of aromatic nitrogens is 2. The van der Waals surface area contributed by atoms with Crippen molar-refractivity contribution in [2.24, 2.45) is 0 Å². The Bertz CT molecular complexity index is 4280. The van der Waals surface area contributed by atoms with Gasteiger partial charge in [-0.15, -0.1) is 0 Å². The molecule has 11 aromatic carbocycles. The molecule has 0 bridgehead atoms. The van der Waals surface area contributed by atoms with Crippen LogP contribution in [-0.2, 0) is 10.8 Å². The van der Waals surface area contributed by atoms with Crippen molar-refractivity contribution in [2.45, 2.75) is 52.4 Å². The van der Waals surface area contributed by atoms with Gasteiger partial charge < -0.3 is 9.13 Å². The number of fused-ring (bicyclic) bond motifs is 8. The van der Waals surface area contributed by atoms with E-state index in [4.69, 9.17) is 0 Å². The normalized spacial score (nSPS) is 14.0. The predicted molar refractivity (Wildman–Crippen MR) is 339 cm³/mol. The quantitative estimate of drug-likeness (QED) is 0.141. The molecular formula is C74H62N2Si2. The highest BCUT2D eigenvalue weighted by Gasteiger charge is 2.56. The molecule has 2 aromatic heterocycles. The fourth-order valence-corrected chi connectivity index (χ4v) is 25.7. The smallest absolute Gasteiger partial charge is 0.179 e. The van der Waals surface area contributed by atoms with Gasteiger partial charge in [-0.3, -0.25) is 0 Å². The average Bonchev–Trinajstić information content (AvgIpc) is 3.02. The lowest BCUT2D eigenvalue weighted by Gasteiger charge is -2.48. The molecule has 0 atom stereocenters. The van der Waals surface area contributed by atoms with Crippen molar-refractivity contribution in [1.29, 1.82) is 0 Å². The summed E-state index contributed by atoms with van der Waals surface area (Å²) in [6.07, 6.45) is 0. The molecule has 3 heterocycles. The van der Waals surface area contributed by atoms with Crippen LogP contribution in [0.5, 0.6) is 0 Å². The minimum atomic E-state index is -3.07. The average molecular weight is 1040 g/mol. The Labute approximate surface area is 460 Å². The van der Waals surface area contributed by atoms with Crippen molar-refractivity contribution >= 4 is 101 Å². The third-order valence-corrected chi connectivity index (χ3v) is 27.5. The zero-order valence-corrected chi connectivity index (χ0v) is 47.3. The van der Waals surface area contributed by atoms with E-state index in [1.54, 1.807) is 0 Å². The number of hydrogen-bond acceptors (Lipinski definition) is 0. The maximum Gasteiger partial charge on any atom is 0.179 e. The van der Waals surface area contributed by atoms with E-state index >= 15 is 0 Å². The Morgan fingerprint density at radius 3 is 1.05 bits per heavy atom. The Morgan fingerprint density at radius 2 is 0.603 bits per heavy atom. The second-order valence-electron chi connectivity index (χ2n) is 23.7. The Balaban J connectivity index is 1.04. The molecule has 0 saturated heterocycles. The van der Waals surface area contributed by atoms with Crippen LogP contribution in [0.1, 0.15) is 52.7 Å². The predicted octanol–water partition coefficient (Wildman–Crippen LogP) is 13.2. The fraction of sp³-hybridized carbons (Fsp3) is 0.108. The molecule has 1 aliphatic rings. The van der Waals surface area contributed by atoms with Crippen LogP contribution in [0.3, 0.4) is 0 Å². The highest BCUT2D eigenvalue weighted by atomic mass is 28.3. The molecule has 0 unspecified atom stereocenters. The zero-order valence-electron chi connectivity index (χ0n) is 45.3. The lowest BCUT2D eigenvalue weighted by atomic mass is 9.85. The Kier molecular flexibility index (Phi) is 11.1. The molecule has 376 valence electrons. The number of nitrogens with zero attached hydrogens (tertiary/aromatic N) is 2. The van der Waals surface area contributed by atoms with Crippen LogP contribution in [0.4, 0.5) is 0 Å². The first-order valence-electron chi connectivity index (χ1n) is 27.7. The minimum absolute atomic E-state index is 0.0162. The van der Waals surface area contributed by atoms with Gasteiger partial charge in [0, 0.05) is 32.9 Å². The molecule has 2 nitrogen and oxygen atoms in total. The SMILES string of the molecule is CC(C)(C)c1ccc2c(c1)c1cc(C(C)(C)C)ccc1n2-c1ccc2c(c1)c1cc(-c3ccccc3)ccc1n2-c1cccc([Si]2(c3ccccc3)c3ccccc3[Si](c3ccccc3)(c3ccccc3)c3ccccc32)c1. The maximum atomic E-state index is 2.57. The number of benzene rings is 11. The Hall–Kier alpha value is -8.55. The highest BCUT2D eigenvalue weighted by Crippen LogP contribution is 2.41. The van der Waals surface area contributed by atoms with Crippen LogP contribution in [-0.4, -0.2) is 25.3 Å². The molecule has 0 aliphatic carbocycles. The van der Waals surface area contributed by atoms with Crippen molar-refractivity contribution in [3.63, 3.8) is 0 Å². The molecule has 14 rings (SSSR count). The molecule has 0 spiro atoms. The molecule has 13 aromatic rings. The second kappa shape index (κ2) is 18.0. The monoisotopic (exact) mass is 1030 g/mol. The van der Waals surface area contributed by atoms with Crippen molar-refractivity contribution in [3.05, 3.63) is 278 Å². The van der Waals surface area contributed by atoms with E-state index in [1.807, 2.05) is 0 Å². The largest absolute Gasteiger partial charge is 0.309 e. The van der Waals surface area contributed by atoms with E-state index in [1.165, 1.54) is 107 Å². The zero-order chi connectivity index (χ0) is 53.0. The summed E-state index contributed by atoms with van der Waals surface area (Å²) in [5.41, 5.74) is 12.3. The molecule has 1 aliphatic heterocycles. The van der Waals surface area contributed by atoms with Crippen molar-refractivity contribution < 1.29 is 0 Å². The van der Waals surface area contributed by atoms with Gasteiger partial charge in [0.05, 0.1) is 22.1 Å². The van der Waals surface area contributed by atoms with E-state index in [0.717, 1.165) is 11.4 Å². The fourth-order valence-electron chi connectivity index (χ4n) is 13.6. The summed E-state index contributed by atoms with van der Waals surface area (Å²) in [4.78, 5) is 0. The summed E-state index contributed by atoms with van der Waals surface area (Å²) < 4.78 is 5.06. The summed E-state index contributed by atoms with van der Waals surface area (Å²) in [6, 6.07) is 103. The minimum Gasteiger partial charge on any atom is -0.309 e. The van der Waals surface area contributed by atoms with Gasteiger partial charge in [-0.25, -0.2) is 0 Å². The van der Waals surface area contributed by atoms with E-state index in [0.29, 0.717) is 0 Å². The first-order valence-corrected chi connectivity index (χ1v) is 31.7. The van der Waals surface area contributed by atoms with Gasteiger partial charge in [0.15, 0.2) is 16.1 Å². The van der Waals surface area contributed by atoms with Gasteiger partial charge in [-0.1, -0.05) is 242 Å². The number of hydrogen-bond donors (Lipinski definition) is 0.